The molecule has 2 rings (SSSR count). The minimum Gasteiger partial charge on any atom is -0.458 e. The van der Waals surface area contributed by atoms with E-state index in [2.05, 4.69) is 0 Å². The van der Waals surface area contributed by atoms with E-state index < -0.39 is 23.2 Å². The average Bonchev–Trinajstić information content (AvgIpc) is 2.97. The van der Waals surface area contributed by atoms with Gasteiger partial charge in [-0.25, -0.2) is 9.59 Å². The second-order valence-electron chi connectivity index (χ2n) is 7.03. The number of nitrogens with two attached hydrogens (primary N) is 1. The zero-order chi connectivity index (χ0) is 17.8. The number of hydrogen-bond acceptors (Lipinski definition) is 5. The van der Waals surface area contributed by atoms with Gasteiger partial charge in [0.1, 0.15) is 12.2 Å². The second kappa shape index (κ2) is 7.21. The Hall–Kier alpha value is -2.08. The summed E-state index contributed by atoms with van der Waals surface area (Å²) in [5.74, 6) is -0.466. The predicted molar refractivity (Wildman–Crippen MR) is 90.2 cm³/mol. The Balaban J connectivity index is 2.09. The molecular formula is C18H26N2O4. The third-order valence-electron chi connectivity index (χ3n) is 4.03. The molecule has 1 saturated heterocycles. The van der Waals surface area contributed by atoms with E-state index in [4.69, 9.17) is 15.2 Å². The van der Waals surface area contributed by atoms with Crippen LogP contribution in [0.4, 0.5) is 4.79 Å². The zero-order valence-electron chi connectivity index (χ0n) is 14.6. The van der Waals surface area contributed by atoms with Crippen molar-refractivity contribution in [3.05, 3.63) is 35.9 Å². The lowest BCUT2D eigenvalue weighted by atomic mass is 9.96. The molecule has 1 atom stereocenters. The Morgan fingerprint density at radius 2 is 1.92 bits per heavy atom. The molecule has 0 aliphatic carbocycles. The molecule has 1 amide bonds. The van der Waals surface area contributed by atoms with Crippen LogP contribution in [-0.2, 0) is 20.9 Å². The molecule has 6 nitrogen and oxygen atoms in total. The van der Waals surface area contributed by atoms with E-state index in [1.807, 2.05) is 30.3 Å². The number of hydrogen-bond donors (Lipinski definition) is 1. The van der Waals surface area contributed by atoms with E-state index in [0.29, 0.717) is 19.4 Å². The van der Waals surface area contributed by atoms with Gasteiger partial charge in [0.25, 0.3) is 0 Å². The highest BCUT2D eigenvalue weighted by Gasteiger charge is 2.51. The van der Waals surface area contributed by atoms with Crippen molar-refractivity contribution in [3.63, 3.8) is 0 Å². The fraction of sp³-hybridized carbons (Fsp3) is 0.556. The first-order valence-electron chi connectivity index (χ1n) is 8.20. The van der Waals surface area contributed by atoms with Gasteiger partial charge in [-0.1, -0.05) is 30.3 Å². The Kier molecular flexibility index (Phi) is 5.49. The summed E-state index contributed by atoms with van der Waals surface area (Å²) in [5, 5.41) is 0. The highest BCUT2D eigenvalue weighted by Crippen LogP contribution is 2.32. The summed E-state index contributed by atoms with van der Waals surface area (Å²) in [7, 11) is 0. The summed E-state index contributed by atoms with van der Waals surface area (Å²) in [6.45, 7) is 5.99. The van der Waals surface area contributed by atoms with Crippen molar-refractivity contribution in [3.8, 4) is 0 Å². The number of likely N-dealkylation sites (tertiary alicyclic amines) is 1. The summed E-state index contributed by atoms with van der Waals surface area (Å²) < 4.78 is 10.9. The predicted octanol–water partition coefficient (Wildman–Crippen LogP) is 2.46. The number of ether oxygens (including phenoxy) is 2. The molecule has 2 N–H and O–H groups in total. The van der Waals surface area contributed by atoms with Crippen LogP contribution in [0, 0.1) is 0 Å². The molecule has 1 aliphatic heterocycles. The topological polar surface area (TPSA) is 81.9 Å². The summed E-state index contributed by atoms with van der Waals surface area (Å²) in [4.78, 5) is 26.6. The van der Waals surface area contributed by atoms with Crippen LogP contribution in [0.2, 0.25) is 0 Å². The van der Waals surface area contributed by atoms with Gasteiger partial charge in [-0.05, 0) is 39.2 Å². The van der Waals surface area contributed by atoms with Gasteiger partial charge >= 0.3 is 12.1 Å². The Morgan fingerprint density at radius 3 is 2.50 bits per heavy atom. The molecule has 1 heterocycles. The Morgan fingerprint density at radius 1 is 1.25 bits per heavy atom. The summed E-state index contributed by atoms with van der Waals surface area (Å²) in [6, 6.07) is 9.41. The van der Waals surface area contributed by atoms with E-state index in [-0.39, 0.29) is 13.2 Å². The first kappa shape index (κ1) is 18.3. The van der Waals surface area contributed by atoms with Crippen molar-refractivity contribution >= 4 is 12.1 Å². The molecule has 0 radical (unpaired) electrons. The smallest absolute Gasteiger partial charge is 0.411 e. The van der Waals surface area contributed by atoms with Gasteiger partial charge in [-0.2, -0.15) is 0 Å². The number of benzene rings is 1. The van der Waals surface area contributed by atoms with Crippen LogP contribution in [-0.4, -0.2) is 41.2 Å². The van der Waals surface area contributed by atoms with Crippen LogP contribution in [0.5, 0.6) is 0 Å². The van der Waals surface area contributed by atoms with E-state index >= 15 is 0 Å². The number of esters is 1. The van der Waals surface area contributed by atoms with Crippen LogP contribution in [0.25, 0.3) is 0 Å². The highest BCUT2D eigenvalue weighted by atomic mass is 16.6. The summed E-state index contributed by atoms with van der Waals surface area (Å²) >= 11 is 0. The van der Waals surface area contributed by atoms with Crippen molar-refractivity contribution in [2.75, 3.05) is 13.1 Å². The maximum atomic E-state index is 12.7. The SMILES string of the molecule is CC(C)(C)OC(=O)[C@@]1(CN)CCCN1C(=O)OCc1ccccc1. The van der Waals surface area contributed by atoms with Crippen LogP contribution in [0.1, 0.15) is 39.2 Å². The number of carbonyl (C=O) groups excluding carboxylic acids is 2. The van der Waals surface area contributed by atoms with Crippen LogP contribution in [0.3, 0.4) is 0 Å². The van der Waals surface area contributed by atoms with E-state index in [9.17, 15) is 9.59 Å². The Labute approximate surface area is 142 Å². The van der Waals surface area contributed by atoms with Crippen molar-refractivity contribution < 1.29 is 19.1 Å². The van der Waals surface area contributed by atoms with E-state index in [0.717, 1.165) is 5.56 Å². The van der Waals surface area contributed by atoms with Crippen molar-refractivity contribution in [1.29, 1.82) is 0 Å². The van der Waals surface area contributed by atoms with Gasteiger partial charge in [-0.15, -0.1) is 0 Å². The molecule has 132 valence electrons. The number of amides is 1. The third kappa shape index (κ3) is 4.06. The first-order chi connectivity index (χ1) is 11.3. The van der Waals surface area contributed by atoms with Gasteiger partial charge in [0.2, 0.25) is 0 Å². The largest absolute Gasteiger partial charge is 0.458 e. The standard InChI is InChI=1S/C18H26N2O4/c1-17(2,3)24-15(21)18(13-19)10-7-11-20(18)16(22)23-12-14-8-5-4-6-9-14/h4-6,8-9H,7,10-13,19H2,1-3H3/t18-/m0/s1. The van der Waals surface area contributed by atoms with Gasteiger partial charge < -0.3 is 15.2 Å². The monoisotopic (exact) mass is 334 g/mol. The minimum absolute atomic E-state index is 0.0162. The normalized spacial score (nSPS) is 20.8. The molecule has 0 saturated carbocycles. The molecule has 1 aromatic carbocycles. The molecule has 24 heavy (non-hydrogen) atoms. The lowest BCUT2D eigenvalue weighted by Gasteiger charge is -2.36. The first-order valence-corrected chi connectivity index (χ1v) is 8.20. The average molecular weight is 334 g/mol. The number of rotatable bonds is 4. The molecule has 0 aromatic heterocycles. The van der Waals surface area contributed by atoms with Crippen LogP contribution >= 0.6 is 0 Å². The van der Waals surface area contributed by atoms with E-state index in [1.165, 1.54) is 4.90 Å². The van der Waals surface area contributed by atoms with Gasteiger partial charge in [0.15, 0.2) is 5.54 Å². The second-order valence-corrected chi connectivity index (χ2v) is 7.03. The zero-order valence-corrected chi connectivity index (χ0v) is 14.6. The number of carbonyl (C=O) groups is 2. The molecule has 6 heteroatoms. The quantitative estimate of drug-likeness (QED) is 0.855. The fourth-order valence-corrected chi connectivity index (χ4v) is 2.82. The molecule has 1 aliphatic rings. The van der Waals surface area contributed by atoms with Gasteiger partial charge in [0, 0.05) is 13.1 Å². The van der Waals surface area contributed by atoms with Crippen molar-refractivity contribution in [2.24, 2.45) is 5.73 Å². The van der Waals surface area contributed by atoms with Gasteiger partial charge in [-0.3, -0.25) is 4.90 Å². The minimum atomic E-state index is -1.14. The fourth-order valence-electron chi connectivity index (χ4n) is 2.82. The van der Waals surface area contributed by atoms with Crippen LogP contribution in [0.15, 0.2) is 30.3 Å². The lowest BCUT2D eigenvalue weighted by Crippen LogP contribution is -2.59. The summed E-state index contributed by atoms with van der Waals surface area (Å²) in [6.07, 6.45) is 0.642. The summed E-state index contributed by atoms with van der Waals surface area (Å²) in [5.41, 5.74) is 4.99. The van der Waals surface area contributed by atoms with Crippen molar-refractivity contribution in [2.45, 2.75) is 51.4 Å². The molecule has 1 fully saturated rings. The lowest BCUT2D eigenvalue weighted by molar-refractivity contribution is -0.166. The maximum absolute atomic E-state index is 12.7. The van der Waals surface area contributed by atoms with E-state index in [1.54, 1.807) is 20.8 Å². The molecule has 0 unspecified atom stereocenters. The maximum Gasteiger partial charge on any atom is 0.411 e. The van der Waals surface area contributed by atoms with Gasteiger partial charge in [0.05, 0.1) is 0 Å². The molecule has 1 aromatic rings. The third-order valence-corrected chi connectivity index (χ3v) is 4.03. The molecule has 0 spiro atoms. The highest BCUT2D eigenvalue weighted by molar-refractivity contribution is 5.87. The number of nitrogens with zero attached hydrogens (tertiary/aromatic N) is 1. The molecular weight excluding hydrogens is 308 g/mol. The van der Waals surface area contributed by atoms with Crippen LogP contribution < -0.4 is 5.73 Å². The van der Waals surface area contributed by atoms with Crippen molar-refractivity contribution in [1.82, 2.24) is 4.90 Å². The Bertz CT molecular complexity index is 582. The molecule has 0 bridgehead atoms.